The highest BCUT2D eigenvalue weighted by molar-refractivity contribution is 7.20. The quantitative estimate of drug-likeness (QED) is 0.605. The second kappa shape index (κ2) is 2.88. The molecule has 0 bridgehead atoms. The average Bonchev–Trinajstić information content (AvgIpc) is 2.86. The largest absolute Gasteiger partial charge is 0.263 e. The SMILES string of the molecule is c1ccc2sc(-n3cnnc3)nc2c1. The monoisotopic (exact) mass is 202 g/mol. The maximum absolute atomic E-state index is 4.46. The van der Waals surface area contributed by atoms with Gasteiger partial charge in [0.1, 0.15) is 12.7 Å². The predicted octanol–water partition coefficient (Wildman–Crippen LogP) is 1.88. The molecule has 0 aliphatic carbocycles. The normalized spacial score (nSPS) is 10.9. The molecule has 14 heavy (non-hydrogen) atoms. The second-order valence-electron chi connectivity index (χ2n) is 2.83. The molecule has 4 nitrogen and oxygen atoms in total. The van der Waals surface area contributed by atoms with E-state index in [0.29, 0.717) is 0 Å². The molecule has 3 aromatic rings. The fourth-order valence-corrected chi connectivity index (χ4v) is 2.18. The van der Waals surface area contributed by atoms with Crippen molar-refractivity contribution in [3.05, 3.63) is 36.9 Å². The summed E-state index contributed by atoms with van der Waals surface area (Å²) in [6.07, 6.45) is 3.30. The molecule has 0 aliphatic rings. The molecular formula is C9H6N4S. The highest BCUT2D eigenvalue weighted by Gasteiger charge is 2.03. The lowest BCUT2D eigenvalue weighted by molar-refractivity contribution is 1.04. The summed E-state index contributed by atoms with van der Waals surface area (Å²) in [6.45, 7) is 0. The molecule has 0 radical (unpaired) electrons. The second-order valence-corrected chi connectivity index (χ2v) is 3.84. The molecule has 1 aromatic carbocycles. The zero-order valence-electron chi connectivity index (χ0n) is 7.16. The molecule has 0 saturated heterocycles. The third kappa shape index (κ3) is 1.10. The van der Waals surface area contributed by atoms with Crippen molar-refractivity contribution in [1.82, 2.24) is 19.7 Å². The van der Waals surface area contributed by atoms with Crippen molar-refractivity contribution in [2.45, 2.75) is 0 Å². The molecule has 0 aliphatic heterocycles. The number of hydrogen-bond acceptors (Lipinski definition) is 4. The molecule has 0 spiro atoms. The smallest absolute Gasteiger partial charge is 0.197 e. The van der Waals surface area contributed by atoms with Gasteiger partial charge < -0.3 is 0 Å². The number of para-hydroxylation sites is 1. The van der Waals surface area contributed by atoms with Crippen molar-refractivity contribution in [1.29, 1.82) is 0 Å². The first-order chi connectivity index (χ1) is 6.93. The van der Waals surface area contributed by atoms with Crippen LogP contribution in [0.4, 0.5) is 0 Å². The number of nitrogens with zero attached hydrogens (tertiary/aromatic N) is 4. The minimum atomic E-state index is 0.899. The Kier molecular flexibility index (Phi) is 1.57. The van der Waals surface area contributed by atoms with Crippen LogP contribution in [-0.2, 0) is 0 Å². The van der Waals surface area contributed by atoms with Crippen molar-refractivity contribution in [3.8, 4) is 5.13 Å². The molecule has 5 heteroatoms. The highest BCUT2D eigenvalue weighted by Crippen LogP contribution is 2.23. The molecule has 0 unspecified atom stereocenters. The minimum Gasteiger partial charge on any atom is -0.263 e. The Bertz CT molecular complexity index is 522. The van der Waals surface area contributed by atoms with E-state index in [1.807, 2.05) is 22.8 Å². The Hall–Kier alpha value is -1.75. The zero-order chi connectivity index (χ0) is 9.38. The Morgan fingerprint density at radius 1 is 1.07 bits per heavy atom. The number of rotatable bonds is 1. The van der Waals surface area contributed by atoms with Gasteiger partial charge >= 0.3 is 0 Å². The summed E-state index contributed by atoms with van der Waals surface area (Å²) < 4.78 is 2.99. The predicted molar refractivity (Wildman–Crippen MR) is 54.5 cm³/mol. The molecule has 2 aromatic heterocycles. The summed E-state index contributed by atoms with van der Waals surface area (Å²) in [5, 5.41) is 8.40. The van der Waals surface area contributed by atoms with Gasteiger partial charge in [0, 0.05) is 0 Å². The Morgan fingerprint density at radius 3 is 2.64 bits per heavy atom. The fraction of sp³-hybridized carbons (Fsp3) is 0. The van der Waals surface area contributed by atoms with Crippen molar-refractivity contribution in [2.75, 3.05) is 0 Å². The lowest BCUT2D eigenvalue weighted by Gasteiger charge is -1.89. The van der Waals surface area contributed by atoms with Gasteiger partial charge in [-0.05, 0) is 12.1 Å². The summed E-state index contributed by atoms with van der Waals surface area (Å²) in [7, 11) is 0. The Balaban J connectivity index is 2.24. The van der Waals surface area contributed by atoms with Gasteiger partial charge in [0.2, 0.25) is 0 Å². The summed E-state index contributed by atoms with van der Waals surface area (Å²) in [5.41, 5.74) is 1.02. The van der Waals surface area contributed by atoms with Gasteiger partial charge in [-0.1, -0.05) is 23.5 Å². The van der Waals surface area contributed by atoms with Crippen LogP contribution >= 0.6 is 11.3 Å². The summed E-state index contributed by atoms with van der Waals surface area (Å²) in [4.78, 5) is 4.46. The lowest BCUT2D eigenvalue weighted by Crippen LogP contribution is -1.86. The van der Waals surface area contributed by atoms with Crippen LogP contribution in [0.25, 0.3) is 15.3 Å². The van der Waals surface area contributed by atoms with Crippen LogP contribution < -0.4 is 0 Å². The van der Waals surface area contributed by atoms with Gasteiger partial charge in [-0.3, -0.25) is 4.57 Å². The van der Waals surface area contributed by atoms with E-state index in [1.165, 1.54) is 4.70 Å². The molecule has 3 rings (SSSR count). The number of hydrogen-bond donors (Lipinski definition) is 0. The third-order valence-electron chi connectivity index (χ3n) is 1.92. The van der Waals surface area contributed by atoms with Gasteiger partial charge in [0.05, 0.1) is 10.2 Å². The van der Waals surface area contributed by atoms with Crippen LogP contribution in [0, 0.1) is 0 Å². The molecule has 68 valence electrons. The highest BCUT2D eigenvalue weighted by atomic mass is 32.1. The third-order valence-corrected chi connectivity index (χ3v) is 2.97. The Labute approximate surface area is 83.9 Å². The first-order valence-electron chi connectivity index (χ1n) is 4.14. The molecule has 0 N–H and O–H groups in total. The van der Waals surface area contributed by atoms with Crippen molar-refractivity contribution < 1.29 is 0 Å². The maximum Gasteiger partial charge on any atom is 0.197 e. The topological polar surface area (TPSA) is 43.6 Å². The summed E-state index contributed by atoms with van der Waals surface area (Å²) in [6, 6.07) is 8.05. The number of thiazole rings is 1. The number of fused-ring (bicyclic) bond motifs is 1. The number of aromatic nitrogens is 4. The van der Waals surface area contributed by atoms with E-state index >= 15 is 0 Å². The molecule has 0 atom stereocenters. The number of benzene rings is 1. The van der Waals surface area contributed by atoms with Crippen LogP contribution in [0.2, 0.25) is 0 Å². The van der Waals surface area contributed by atoms with Crippen LogP contribution in [-0.4, -0.2) is 19.7 Å². The first kappa shape index (κ1) is 7.64. The van der Waals surface area contributed by atoms with E-state index in [4.69, 9.17) is 0 Å². The van der Waals surface area contributed by atoms with Crippen LogP contribution in [0.5, 0.6) is 0 Å². The van der Waals surface area contributed by atoms with Crippen LogP contribution in [0.3, 0.4) is 0 Å². The maximum atomic E-state index is 4.46. The van der Waals surface area contributed by atoms with Gasteiger partial charge in [0.25, 0.3) is 0 Å². The molecule has 0 saturated carbocycles. The van der Waals surface area contributed by atoms with Gasteiger partial charge in [0.15, 0.2) is 5.13 Å². The van der Waals surface area contributed by atoms with Gasteiger partial charge in [-0.2, -0.15) is 0 Å². The van der Waals surface area contributed by atoms with Crippen LogP contribution in [0.1, 0.15) is 0 Å². The van der Waals surface area contributed by atoms with E-state index < -0.39 is 0 Å². The molecular weight excluding hydrogens is 196 g/mol. The molecule has 0 amide bonds. The van der Waals surface area contributed by atoms with Gasteiger partial charge in [-0.25, -0.2) is 4.98 Å². The lowest BCUT2D eigenvalue weighted by atomic mass is 10.3. The Morgan fingerprint density at radius 2 is 1.86 bits per heavy atom. The zero-order valence-corrected chi connectivity index (χ0v) is 7.98. The van der Waals surface area contributed by atoms with E-state index in [1.54, 1.807) is 24.0 Å². The molecule has 0 fully saturated rings. The van der Waals surface area contributed by atoms with E-state index in [9.17, 15) is 0 Å². The van der Waals surface area contributed by atoms with Crippen LogP contribution in [0.15, 0.2) is 36.9 Å². The fourth-order valence-electron chi connectivity index (χ4n) is 1.27. The van der Waals surface area contributed by atoms with E-state index in [-0.39, 0.29) is 0 Å². The minimum absolute atomic E-state index is 0.899. The van der Waals surface area contributed by atoms with Crippen molar-refractivity contribution in [3.63, 3.8) is 0 Å². The molecule has 2 heterocycles. The van der Waals surface area contributed by atoms with E-state index in [0.717, 1.165) is 10.6 Å². The van der Waals surface area contributed by atoms with Crippen molar-refractivity contribution in [2.24, 2.45) is 0 Å². The summed E-state index contributed by atoms with van der Waals surface area (Å²) in [5.74, 6) is 0. The van der Waals surface area contributed by atoms with Gasteiger partial charge in [-0.15, -0.1) is 10.2 Å². The van der Waals surface area contributed by atoms with Crippen molar-refractivity contribution >= 4 is 21.6 Å². The van der Waals surface area contributed by atoms with E-state index in [2.05, 4.69) is 21.2 Å². The first-order valence-corrected chi connectivity index (χ1v) is 4.96. The average molecular weight is 202 g/mol. The summed E-state index contributed by atoms with van der Waals surface area (Å²) >= 11 is 1.63. The standard InChI is InChI=1S/C9H6N4S/c1-2-4-8-7(3-1)12-9(14-8)13-5-10-11-6-13/h1-6H.